The number of carboxylic acid groups (broad SMARTS) is 1. The third-order valence-corrected chi connectivity index (χ3v) is 3.71. The van der Waals surface area contributed by atoms with Gasteiger partial charge in [0.2, 0.25) is 0 Å². The normalized spacial score (nSPS) is 12.5. The Morgan fingerprint density at radius 3 is 2.53 bits per heavy atom. The maximum absolute atomic E-state index is 10.7. The van der Waals surface area contributed by atoms with Crippen molar-refractivity contribution in [1.82, 2.24) is 4.90 Å². The fraction of sp³-hybridized carbons (Fsp3) is 0.533. The van der Waals surface area contributed by atoms with Crippen LogP contribution in [0.5, 0.6) is 5.75 Å². The fourth-order valence-electron chi connectivity index (χ4n) is 2.08. The predicted molar refractivity (Wildman–Crippen MR) is 75.6 cm³/mol. The molecule has 0 fully saturated rings. The van der Waals surface area contributed by atoms with E-state index in [-0.39, 0.29) is 12.5 Å². The van der Waals surface area contributed by atoms with Gasteiger partial charge in [0, 0.05) is 12.6 Å². The lowest BCUT2D eigenvalue weighted by atomic mass is 10.0. The summed E-state index contributed by atoms with van der Waals surface area (Å²) < 4.78 is 5.29. The number of benzene rings is 1. The number of nitrogens with zero attached hydrogens (tertiary/aromatic N) is 1. The van der Waals surface area contributed by atoms with Crippen LogP contribution in [-0.4, -0.2) is 36.2 Å². The Labute approximate surface area is 115 Å². The van der Waals surface area contributed by atoms with Crippen molar-refractivity contribution in [2.45, 2.75) is 39.8 Å². The minimum Gasteiger partial charge on any atom is -0.496 e. The largest absolute Gasteiger partial charge is 0.496 e. The van der Waals surface area contributed by atoms with Gasteiger partial charge in [-0.15, -0.1) is 0 Å². The third-order valence-electron chi connectivity index (χ3n) is 3.71. The van der Waals surface area contributed by atoms with E-state index in [2.05, 4.69) is 11.8 Å². The van der Waals surface area contributed by atoms with Crippen LogP contribution >= 0.6 is 0 Å². The molecule has 0 heterocycles. The van der Waals surface area contributed by atoms with E-state index in [0.29, 0.717) is 0 Å². The zero-order valence-corrected chi connectivity index (χ0v) is 12.4. The first-order valence-electron chi connectivity index (χ1n) is 6.42. The van der Waals surface area contributed by atoms with E-state index in [1.165, 1.54) is 11.1 Å². The van der Waals surface area contributed by atoms with E-state index in [4.69, 9.17) is 9.84 Å². The molecule has 1 aromatic carbocycles. The van der Waals surface area contributed by atoms with Gasteiger partial charge in [0.1, 0.15) is 5.75 Å². The van der Waals surface area contributed by atoms with Crippen LogP contribution < -0.4 is 4.74 Å². The van der Waals surface area contributed by atoms with Crippen LogP contribution in [0.2, 0.25) is 0 Å². The van der Waals surface area contributed by atoms with Crippen LogP contribution in [-0.2, 0) is 11.3 Å². The molecule has 0 aromatic heterocycles. The summed E-state index contributed by atoms with van der Waals surface area (Å²) in [5, 5.41) is 8.82. The summed E-state index contributed by atoms with van der Waals surface area (Å²) in [6.07, 6.45) is 0.157. The van der Waals surface area contributed by atoms with E-state index in [1.807, 2.05) is 33.0 Å². The molecule has 106 valence electrons. The summed E-state index contributed by atoms with van der Waals surface area (Å²) in [6.45, 7) is 6.78. The molecule has 0 bridgehead atoms. The van der Waals surface area contributed by atoms with Gasteiger partial charge >= 0.3 is 5.97 Å². The summed E-state index contributed by atoms with van der Waals surface area (Å²) >= 11 is 0. The van der Waals surface area contributed by atoms with Gasteiger partial charge in [-0.25, -0.2) is 0 Å². The number of hydrogen-bond acceptors (Lipinski definition) is 3. The van der Waals surface area contributed by atoms with Gasteiger partial charge in [0.25, 0.3) is 0 Å². The summed E-state index contributed by atoms with van der Waals surface area (Å²) in [6, 6.07) is 4.03. The second-order valence-corrected chi connectivity index (χ2v) is 5.04. The van der Waals surface area contributed by atoms with Crippen LogP contribution in [0.1, 0.15) is 30.0 Å². The van der Waals surface area contributed by atoms with E-state index >= 15 is 0 Å². The molecule has 19 heavy (non-hydrogen) atoms. The molecule has 1 aromatic rings. The lowest BCUT2D eigenvalue weighted by Gasteiger charge is -2.25. The standard InChI is InChI=1S/C15H23NO3/c1-10(8-15(17)18)16(4)9-13-6-7-14(19-5)12(3)11(13)2/h6-7,10H,8-9H2,1-5H3,(H,17,18). The molecule has 0 spiro atoms. The highest BCUT2D eigenvalue weighted by atomic mass is 16.5. The first-order valence-corrected chi connectivity index (χ1v) is 6.42. The number of ether oxygens (including phenoxy) is 1. The fourth-order valence-corrected chi connectivity index (χ4v) is 2.08. The number of methoxy groups -OCH3 is 1. The molecule has 1 unspecified atom stereocenters. The number of hydrogen-bond donors (Lipinski definition) is 1. The molecule has 1 atom stereocenters. The summed E-state index contributed by atoms with van der Waals surface area (Å²) in [7, 11) is 3.62. The van der Waals surface area contributed by atoms with Crippen molar-refractivity contribution in [1.29, 1.82) is 0 Å². The Morgan fingerprint density at radius 1 is 1.37 bits per heavy atom. The van der Waals surface area contributed by atoms with Gasteiger partial charge in [-0.1, -0.05) is 6.07 Å². The van der Waals surface area contributed by atoms with Gasteiger partial charge in [-0.05, 0) is 50.6 Å². The predicted octanol–water partition coefficient (Wildman–Crippen LogP) is 2.61. The van der Waals surface area contributed by atoms with Gasteiger partial charge < -0.3 is 9.84 Å². The van der Waals surface area contributed by atoms with Crippen LogP contribution in [0.15, 0.2) is 12.1 Å². The SMILES string of the molecule is COc1ccc(CN(C)C(C)CC(=O)O)c(C)c1C. The highest BCUT2D eigenvalue weighted by molar-refractivity contribution is 5.67. The Hall–Kier alpha value is -1.55. The molecule has 0 aliphatic heterocycles. The number of aliphatic carboxylic acids is 1. The average molecular weight is 265 g/mol. The van der Waals surface area contributed by atoms with Crippen molar-refractivity contribution in [3.63, 3.8) is 0 Å². The van der Waals surface area contributed by atoms with Crippen molar-refractivity contribution < 1.29 is 14.6 Å². The smallest absolute Gasteiger partial charge is 0.304 e. The molecule has 1 rings (SSSR count). The second kappa shape index (κ2) is 6.57. The van der Waals surface area contributed by atoms with Crippen molar-refractivity contribution in [3.05, 3.63) is 28.8 Å². The molecule has 0 saturated carbocycles. The van der Waals surface area contributed by atoms with Crippen molar-refractivity contribution >= 4 is 5.97 Å². The second-order valence-electron chi connectivity index (χ2n) is 5.04. The molecule has 0 radical (unpaired) electrons. The van der Waals surface area contributed by atoms with Gasteiger partial charge in [-0.2, -0.15) is 0 Å². The van der Waals surface area contributed by atoms with Crippen LogP contribution in [0.25, 0.3) is 0 Å². The summed E-state index contributed by atoms with van der Waals surface area (Å²) in [5.74, 6) is 0.129. The molecule has 0 amide bonds. The highest BCUT2D eigenvalue weighted by Gasteiger charge is 2.15. The Bertz CT molecular complexity index is 457. The minimum atomic E-state index is -0.762. The number of carboxylic acids is 1. The van der Waals surface area contributed by atoms with Crippen molar-refractivity contribution in [2.75, 3.05) is 14.2 Å². The maximum Gasteiger partial charge on any atom is 0.304 e. The van der Waals surface area contributed by atoms with Gasteiger partial charge in [0.15, 0.2) is 0 Å². The highest BCUT2D eigenvalue weighted by Crippen LogP contribution is 2.25. The molecule has 0 saturated heterocycles. The van der Waals surface area contributed by atoms with Crippen LogP contribution in [0, 0.1) is 13.8 Å². The van der Waals surface area contributed by atoms with E-state index in [9.17, 15) is 4.79 Å². The summed E-state index contributed by atoms with van der Waals surface area (Å²) in [4.78, 5) is 12.8. The van der Waals surface area contributed by atoms with Gasteiger partial charge in [0.05, 0.1) is 13.5 Å². The summed E-state index contributed by atoms with van der Waals surface area (Å²) in [5.41, 5.74) is 3.55. The van der Waals surface area contributed by atoms with Crippen molar-refractivity contribution in [3.8, 4) is 5.75 Å². The van der Waals surface area contributed by atoms with Crippen molar-refractivity contribution in [2.24, 2.45) is 0 Å². The molecule has 0 aliphatic carbocycles. The topological polar surface area (TPSA) is 49.8 Å². The molecule has 4 heteroatoms. The van der Waals surface area contributed by atoms with Crippen LogP contribution in [0.3, 0.4) is 0 Å². The first-order chi connectivity index (χ1) is 8.86. The molecular weight excluding hydrogens is 242 g/mol. The minimum absolute atomic E-state index is 0.0132. The van der Waals surface area contributed by atoms with E-state index in [1.54, 1.807) is 7.11 Å². The van der Waals surface area contributed by atoms with Crippen LogP contribution in [0.4, 0.5) is 0 Å². The molecular formula is C15H23NO3. The zero-order chi connectivity index (χ0) is 14.6. The third kappa shape index (κ3) is 3.96. The zero-order valence-electron chi connectivity index (χ0n) is 12.4. The quantitative estimate of drug-likeness (QED) is 0.859. The van der Waals surface area contributed by atoms with E-state index in [0.717, 1.165) is 17.9 Å². The number of carbonyl (C=O) groups is 1. The Balaban J connectivity index is 2.82. The lowest BCUT2D eigenvalue weighted by Crippen LogP contribution is -2.30. The average Bonchev–Trinajstić information content (AvgIpc) is 2.34. The first kappa shape index (κ1) is 15.5. The number of rotatable bonds is 6. The molecule has 1 N–H and O–H groups in total. The molecule has 4 nitrogen and oxygen atoms in total. The Morgan fingerprint density at radius 2 is 2.00 bits per heavy atom. The molecule has 0 aliphatic rings. The lowest BCUT2D eigenvalue weighted by molar-refractivity contribution is -0.138. The Kier molecular flexibility index (Phi) is 5.36. The van der Waals surface area contributed by atoms with Gasteiger partial charge in [-0.3, -0.25) is 9.69 Å². The maximum atomic E-state index is 10.7. The van der Waals surface area contributed by atoms with E-state index < -0.39 is 5.97 Å². The monoisotopic (exact) mass is 265 g/mol.